The van der Waals surface area contributed by atoms with Crippen LogP contribution in [0.2, 0.25) is 0 Å². The molecule has 0 aromatic heterocycles. The number of benzene rings is 1. The standard InChI is InChI=1S/C16H23N3O2/c17-18-16(20)13-7-5-12(6-8-13)11-19-9-10-21-15-4-2-1-3-14(15)19/h5-8,14-15H,1-4,9-11,17H2,(H,18,20). The Kier molecular flexibility index (Phi) is 4.53. The van der Waals surface area contributed by atoms with E-state index in [2.05, 4.69) is 10.3 Å². The monoisotopic (exact) mass is 289 g/mol. The maximum Gasteiger partial charge on any atom is 0.265 e. The molecule has 3 rings (SSSR count). The van der Waals surface area contributed by atoms with Gasteiger partial charge in [-0.3, -0.25) is 15.1 Å². The van der Waals surface area contributed by atoms with Crippen LogP contribution in [0.1, 0.15) is 41.6 Å². The number of carbonyl (C=O) groups excluding carboxylic acids is 1. The van der Waals surface area contributed by atoms with Crippen LogP contribution in [0.3, 0.4) is 0 Å². The Hall–Kier alpha value is -1.43. The van der Waals surface area contributed by atoms with E-state index in [-0.39, 0.29) is 5.91 Å². The molecule has 0 bridgehead atoms. The molecule has 1 aliphatic heterocycles. The lowest BCUT2D eigenvalue weighted by molar-refractivity contribution is -0.0911. The number of nitrogens with zero attached hydrogens (tertiary/aromatic N) is 1. The van der Waals surface area contributed by atoms with E-state index in [0.717, 1.165) is 19.7 Å². The summed E-state index contributed by atoms with van der Waals surface area (Å²) in [5.41, 5.74) is 3.98. The largest absolute Gasteiger partial charge is 0.375 e. The third-order valence-electron chi connectivity index (χ3n) is 4.58. The van der Waals surface area contributed by atoms with Crippen LogP contribution in [0, 0.1) is 0 Å². The van der Waals surface area contributed by atoms with E-state index in [4.69, 9.17) is 10.6 Å². The zero-order valence-electron chi connectivity index (χ0n) is 12.3. The fourth-order valence-electron chi connectivity index (χ4n) is 3.45. The molecule has 1 amide bonds. The SMILES string of the molecule is NNC(=O)c1ccc(CN2CCOC3CCCCC32)cc1. The summed E-state index contributed by atoms with van der Waals surface area (Å²) in [5, 5.41) is 0. The molecule has 1 saturated carbocycles. The van der Waals surface area contributed by atoms with Crippen molar-refractivity contribution in [1.29, 1.82) is 0 Å². The summed E-state index contributed by atoms with van der Waals surface area (Å²) in [5.74, 6) is 4.89. The third-order valence-corrected chi connectivity index (χ3v) is 4.58. The molecule has 2 unspecified atom stereocenters. The fraction of sp³-hybridized carbons (Fsp3) is 0.562. The van der Waals surface area contributed by atoms with E-state index in [1.807, 2.05) is 24.3 Å². The molecule has 1 saturated heterocycles. The van der Waals surface area contributed by atoms with Gasteiger partial charge in [0.05, 0.1) is 12.7 Å². The molecule has 1 aliphatic carbocycles. The van der Waals surface area contributed by atoms with Crippen LogP contribution < -0.4 is 11.3 Å². The van der Waals surface area contributed by atoms with Crippen molar-refractivity contribution in [2.24, 2.45) is 5.84 Å². The maximum absolute atomic E-state index is 11.4. The first-order valence-corrected chi connectivity index (χ1v) is 7.73. The number of ether oxygens (including phenoxy) is 1. The highest BCUT2D eigenvalue weighted by atomic mass is 16.5. The van der Waals surface area contributed by atoms with Crippen molar-refractivity contribution in [2.75, 3.05) is 13.2 Å². The van der Waals surface area contributed by atoms with Gasteiger partial charge in [-0.15, -0.1) is 0 Å². The second-order valence-corrected chi connectivity index (χ2v) is 5.90. The minimum Gasteiger partial charge on any atom is -0.375 e. The van der Waals surface area contributed by atoms with Crippen molar-refractivity contribution >= 4 is 5.91 Å². The van der Waals surface area contributed by atoms with Gasteiger partial charge in [-0.2, -0.15) is 0 Å². The Labute approximate surface area is 125 Å². The van der Waals surface area contributed by atoms with Crippen LogP contribution in [0.25, 0.3) is 0 Å². The molecule has 5 heteroatoms. The van der Waals surface area contributed by atoms with Crippen LogP contribution in [-0.2, 0) is 11.3 Å². The lowest BCUT2D eigenvalue weighted by Gasteiger charge is -2.43. The molecule has 21 heavy (non-hydrogen) atoms. The first kappa shape index (κ1) is 14.5. The Balaban J connectivity index is 1.66. The highest BCUT2D eigenvalue weighted by molar-refractivity contribution is 5.93. The van der Waals surface area contributed by atoms with Gasteiger partial charge in [0, 0.05) is 24.7 Å². The summed E-state index contributed by atoms with van der Waals surface area (Å²) in [6.07, 6.45) is 5.43. The molecule has 2 atom stereocenters. The zero-order chi connectivity index (χ0) is 14.7. The Morgan fingerprint density at radius 1 is 1.29 bits per heavy atom. The number of rotatable bonds is 3. The summed E-state index contributed by atoms with van der Waals surface area (Å²) in [6.45, 7) is 2.75. The van der Waals surface area contributed by atoms with Gasteiger partial charge in [-0.1, -0.05) is 25.0 Å². The van der Waals surface area contributed by atoms with Gasteiger partial charge in [-0.05, 0) is 30.5 Å². The highest BCUT2D eigenvalue weighted by Gasteiger charge is 2.33. The fourth-order valence-corrected chi connectivity index (χ4v) is 3.45. The second-order valence-electron chi connectivity index (χ2n) is 5.90. The quantitative estimate of drug-likeness (QED) is 0.502. The van der Waals surface area contributed by atoms with Crippen molar-refractivity contribution in [2.45, 2.75) is 44.4 Å². The summed E-state index contributed by atoms with van der Waals surface area (Å²) in [6, 6.07) is 8.24. The number of nitrogens with two attached hydrogens (primary N) is 1. The van der Waals surface area contributed by atoms with Gasteiger partial charge in [0.25, 0.3) is 5.91 Å². The molecule has 0 radical (unpaired) electrons. The van der Waals surface area contributed by atoms with Crippen LogP contribution in [0.15, 0.2) is 24.3 Å². The first-order valence-electron chi connectivity index (χ1n) is 7.73. The van der Waals surface area contributed by atoms with Crippen molar-refractivity contribution in [3.8, 4) is 0 Å². The second kappa shape index (κ2) is 6.56. The molecular weight excluding hydrogens is 266 g/mol. The average Bonchev–Trinajstić information content (AvgIpc) is 2.55. The number of carbonyl (C=O) groups is 1. The normalized spacial score (nSPS) is 26.1. The molecule has 1 aromatic carbocycles. The van der Waals surface area contributed by atoms with Gasteiger partial charge in [0.2, 0.25) is 0 Å². The number of nitrogens with one attached hydrogen (secondary N) is 1. The van der Waals surface area contributed by atoms with Gasteiger partial charge in [0.15, 0.2) is 0 Å². The van der Waals surface area contributed by atoms with Crippen LogP contribution in [0.5, 0.6) is 0 Å². The minimum absolute atomic E-state index is 0.250. The van der Waals surface area contributed by atoms with Crippen molar-refractivity contribution in [3.63, 3.8) is 0 Å². The Morgan fingerprint density at radius 3 is 2.81 bits per heavy atom. The van der Waals surface area contributed by atoms with Crippen LogP contribution >= 0.6 is 0 Å². The zero-order valence-corrected chi connectivity index (χ0v) is 12.3. The molecule has 3 N–H and O–H groups in total. The van der Waals surface area contributed by atoms with Crippen molar-refractivity contribution < 1.29 is 9.53 Å². The van der Waals surface area contributed by atoms with E-state index in [1.165, 1.54) is 31.2 Å². The summed E-state index contributed by atoms with van der Waals surface area (Å²) >= 11 is 0. The van der Waals surface area contributed by atoms with E-state index >= 15 is 0 Å². The summed E-state index contributed by atoms with van der Waals surface area (Å²) < 4.78 is 5.91. The van der Waals surface area contributed by atoms with Crippen molar-refractivity contribution in [1.82, 2.24) is 10.3 Å². The van der Waals surface area contributed by atoms with E-state index < -0.39 is 0 Å². The Bertz CT molecular complexity index is 487. The topological polar surface area (TPSA) is 67.6 Å². The number of hydrogen-bond acceptors (Lipinski definition) is 4. The lowest BCUT2D eigenvalue weighted by atomic mass is 9.90. The predicted molar refractivity (Wildman–Crippen MR) is 80.5 cm³/mol. The van der Waals surface area contributed by atoms with E-state index in [9.17, 15) is 4.79 Å². The third kappa shape index (κ3) is 3.26. The molecule has 114 valence electrons. The highest BCUT2D eigenvalue weighted by Crippen LogP contribution is 2.29. The number of fused-ring (bicyclic) bond motifs is 1. The number of morpholine rings is 1. The molecule has 2 aliphatic rings. The molecule has 2 fully saturated rings. The molecular formula is C16H23N3O2. The number of nitrogen functional groups attached to an aromatic ring is 1. The Morgan fingerprint density at radius 2 is 2.05 bits per heavy atom. The van der Waals surface area contributed by atoms with Crippen LogP contribution in [0.4, 0.5) is 0 Å². The summed E-state index contributed by atoms with van der Waals surface area (Å²) in [7, 11) is 0. The molecule has 1 heterocycles. The van der Waals surface area contributed by atoms with Gasteiger partial charge in [-0.25, -0.2) is 5.84 Å². The number of hydrazine groups is 1. The lowest BCUT2D eigenvalue weighted by Crippen LogP contribution is -2.52. The minimum atomic E-state index is -0.250. The maximum atomic E-state index is 11.4. The van der Waals surface area contributed by atoms with Crippen molar-refractivity contribution in [3.05, 3.63) is 35.4 Å². The summed E-state index contributed by atoms with van der Waals surface area (Å²) in [4.78, 5) is 14.0. The van der Waals surface area contributed by atoms with Gasteiger partial charge in [0.1, 0.15) is 0 Å². The predicted octanol–water partition coefficient (Wildman–Crippen LogP) is 1.43. The number of hydrogen-bond donors (Lipinski definition) is 2. The molecule has 1 aromatic rings. The average molecular weight is 289 g/mol. The van der Waals surface area contributed by atoms with E-state index in [0.29, 0.717) is 17.7 Å². The smallest absolute Gasteiger partial charge is 0.265 e. The van der Waals surface area contributed by atoms with Gasteiger partial charge < -0.3 is 4.74 Å². The van der Waals surface area contributed by atoms with E-state index in [1.54, 1.807) is 0 Å². The number of amides is 1. The van der Waals surface area contributed by atoms with Gasteiger partial charge >= 0.3 is 0 Å². The first-order chi connectivity index (χ1) is 10.3. The van der Waals surface area contributed by atoms with Crippen LogP contribution in [-0.4, -0.2) is 36.1 Å². The molecule has 5 nitrogen and oxygen atoms in total. The molecule has 0 spiro atoms.